The molecule has 2 aliphatic rings. The number of alkyl halides is 1. The molecule has 65 heavy (non-hydrogen) atoms. The van der Waals surface area contributed by atoms with Gasteiger partial charge in [0.2, 0.25) is 12.4 Å². The van der Waals surface area contributed by atoms with E-state index in [9.17, 15) is 33.6 Å². The number of carbonyl (C=O) groups excluding carboxylic acids is 7. The number of amides is 3. The summed E-state index contributed by atoms with van der Waals surface area (Å²) in [7, 11) is 4.10. The average Bonchev–Trinajstić information content (AvgIpc) is 3.63. The molecule has 0 radical (unpaired) electrons. The Morgan fingerprint density at radius 1 is 0.815 bits per heavy atom. The van der Waals surface area contributed by atoms with Crippen LogP contribution in [0.3, 0.4) is 0 Å². The van der Waals surface area contributed by atoms with Crippen LogP contribution in [0.4, 0.5) is 20.1 Å². The summed E-state index contributed by atoms with van der Waals surface area (Å²) >= 11 is 6.65. The number of anilines is 1. The van der Waals surface area contributed by atoms with E-state index in [-0.39, 0.29) is 49.0 Å². The molecule has 3 aromatic rings. The summed E-state index contributed by atoms with van der Waals surface area (Å²) in [6.45, 7) is 10.7. The van der Waals surface area contributed by atoms with Crippen molar-refractivity contribution in [3.05, 3.63) is 65.7 Å². The molecular weight excluding hydrogens is 874 g/mol. The maximum absolute atomic E-state index is 13.5. The van der Waals surface area contributed by atoms with E-state index in [1.165, 1.54) is 40.9 Å². The molecule has 1 fully saturated rings. The van der Waals surface area contributed by atoms with Crippen LogP contribution < -0.4 is 14.4 Å². The number of hydrogen-bond acceptors (Lipinski definition) is 16. The Labute approximate surface area is 380 Å². The number of hydrogen-bond donors (Lipinski definition) is 0. The summed E-state index contributed by atoms with van der Waals surface area (Å²) in [5, 5.41) is 1.12. The van der Waals surface area contributed by atoms with Gasteiger partial charge in [-0.1, -0.05) is 36.4 Å². The van der Waals surface area contributed by atoms with Crippen LogP contribution in [0.15, 0.2) is 54.6 Å². The number of esters is 4. The smallest absolute Gasteiger partial charge is 0.415 e. The van der Waals surface area contributed by atoms with Crippen LogP contribution in [0.2, 0.25) is 0 Å². The molecule has 0 saturated carbocycles. The van der Waals surface area contributed by atoms with Gasteiger partial charge in [0.25, 0.3) is 0 Å². The number of halogens is 1. The molecule has 0 spiro atoms. The summed E-state index contributed by atoms with van der Waals surface area (Å²) in [6, 6.07) is 15.2. The van der Waals surface area contributed by atoms with Crippen LogP contribution in [0.5, 0.6) is 11.5 Å². The van der Waals surface area contributed by atoms with E-state index < -0.39 is 78.5 Å². The molecule has 1 saturated heterocycles. The summed E-state index contributed by atoms with van der Waals surface area (Å²) in [4.78, 5) is 92.8. The Bertz CT molecular complexity index is 2260. The second-order valence-corrected chi connectivity index (χ2v) is 17.1. The molecule has 19 nitrogen and oxygen atoms in total. The Balaban J connectivity index is 1.20. The molecule has 2 heterocycles. The first-order valence-corrected chi connectivity index (χ1v) is 21.0. The van der Waals surface area contributed by atoms with Crippen molar-refractivity contribution < 1.29 is 76.2 Å². The van der Waals surface area contributed by atoms with Crippen LogP contribution in [0.1, 0.15) is 65.5 Å². The lowest BCUT2D eigenvalue weighted by atomic mass is 9.92. The second kappa shape index (κ2) is 21.1. The Morgan fingerprint density at radius 2 is 1.38 bits per heavy atom. The molecule has 0 unspecified atom stereocenters. The van der Waals surface area contributed by atoms with Crippen LogP contribution in [0.25, 0.3) is 10.8 Å². The van der Waals surface area contributed by atoms with E-state index >= 15 is 0 Å². The SMILES string of the molecule is COC(=O)[C@H]1O[C@@H](Oc2ccc(COC(=O)N(C)CCN(C)C(=O)Oc3cc4c(c5ccccc35)[C@H]([C@@H](C)Cl)CN4C(=O)OC(C)(C)C)cc2)[C@H](OC(C)=O)[C@@H](OC(C)=O)[C@@H]1OC(C)=O. The lowest BCUT2D eigenvalue weighted by molar-refractivity contribution is -0.282. The highest BCUT2D eigenvalue weighted by atomic mass is 35.5. The fraction of sp³-hybridized carbons (Fsp3) is 0.489. The zero-order chi connectivity index (χ0) is 47.9. The number of carbonyl (C=O) groups is 7. The van der Waals surface area contributed by atoms with E-state index in [1.807, 2.05) is 31.2 Å². The molecule has 0 bridgehead atoms. The number of benzene rings is 3. The largest absolute Gasteiger partial charge is 0.467 e. The minimum Gasteiger partial charge on any atom is -0.467 e. The first-order chi connectivity index (χ1) is 30.6. The minimum absolute atomic E-state index is 0.0730. The van der Waals surface area contributed by atoms with E-state index in [1.54, 1.807) is 39.0 Å². The molecule has 3 aromatic carbocycles. The zero-order valence-electron chi connectivity index (χ0n) is 37.8. The Hall–Kier alpha value is -6.34. The van der Waals surface area contributed by atoms with Gasteiger partial charge in [-0.05, 0) is 56.3 Å². The summed E-state index contributed by atoms with van der Waals surface area (Å²) in [5.41, 5.74) is 1.19. The summed E-state index contributed by atoms with van der Waals surface area (Å²) in [5.74, 6) is -3.29. The van der Waals surface area contributed by atoms with Crippen molar-refractivity contribution in [2.24, 2.45) is 0 Å². The predicted molar refractivity (Wildman–Crippen MR) is 231 cm³/mol. The maximum Gasteiger partial charge on any atom is 0.415 e. The molecule has 0 aliphatic carbocycles. The highest BCUT2D eigenvalue weighted by molar-refractivity contribution is 6.21. The van der Waals surface area contributed by atoms with Crippen LogP contribution in [-0.4, -0.2) is 134 Å². The van der Waals surface area contributed by atoms with Gasteiger partial charge in [-0.15, -0.1) is 11.6 Å². The van der Waals surface area contributed by atoms with Gasteiger partial charge in [0.05, 0.1) is 12.8 Å². The molecule has 0 N–H and O–H groups in total. The fourth-order valence-corrected chi connectivity index (χ4v) is 7.39. The number of rotatable bonds is 13. The number of fused-ring (bicyclic) bond motifs is 3. The predicted octanol–water partition coefficient (Wildman–Crippen LogP) is 6.08. The highest BCUT2D eigenvalue weighted by Gasteiger charge is 2.56. The van der Waals surface area contributed by atoms with E-state index in [0.717, 1.165) is 38.8 Å². The average molecular weight is 928 g/mol. The monoisotopic (exact) mass is 927 g/mol. The Morgan fingerprint density at radius 3 is 1.95 bits per heavy atom. The van der Waals surface area contributed by atoms with Crippen molar-refractivity contribution in [2.75, 3.05) is 45.7 Å². The van der Waals surface area contributed by atoms with Crippen LogP contribution in [-0.2, 0) is 58.9 Å². The van der Waals surface area contributed by atoms with Crippen molar-refractivity contribution in [1.29, 1.82) is 0 Å². The molecular formula is C45H54ClN3O16. The van der Waals surface area contributed by atoms with Crippen LogP contribution in [0, 0.1) is 0 Å². The number of likely N-dealkylation sites (N-methyl/N-ethyl adjacent to an activating group) is 2. The second-order valence-electron chi connectivity index (χ2n) is 16.4. The van der Waals surface area contributed by atoms with Gasteiger partial charge in [-0.25, -0.2) is 19.2 Å². The van der Waals surface area contributed by atoms with Gasteiger partial charge < -0.3 is 52.4 Å². The summed E-state index contributed by atoms with van der Waals surface area (Å²) in [6.07, 6.45) is -9.70. The van der Waals surface area contributed by atoms with Crippen molar-refractivity contribution >= 4 is 70.2 Å². The minimum atomic E-state index is -1.64. The fourth-order valence-electron chi connectivity index (χ4n) is 7.18. The molecule has 2 aliphatic heterocycles. The lowest BCUT2D eigenvalue weighted by Crippen LogP contribution is -2.64. The Kier molecular flexibility index (Phi) is 16.1. The third-order valence-corrected chi connectivity index (χ3v) is 10.5. The van der Waals surface area contributed by atoms with Crippen molar-refractivity contribution in [1.82, 2.24) is 9.80 Å². The zero-order valence-corrected chi connectivity index (χ0v) is 38.6. The molecule has 0 aromatic heterocycles. The van der Waals surface area contributed by atoms with Crippen molar-refractivity contribution in [3.63, 3.8) is 0 Å². The molecule has 3 amide bonds. The molecule has 20 heteroatoms. The quantitative estimate of drug-likeness (QED) is 0.108. The van der Waals surface area contributed by atoms with Gasteiger partial charge >= 0.3 is 42.2 Å². The number of nitrogens with zero attached hydrogens (tertiary/aromatic N) is 3. The van der Waals surface area contributed by atoms with Crippen LogP contribution >= 0.6 is 11.6 Å². The van der Waals surface area contributed by atoms with Gasteiger partial charge in [-0.2, -0.15) is 0 Å². The number of ether oxygens (including phenoxy) is 9. The van der Waals surface area contributed by atoms with Gasteiger partial charge in [-0.3, -0.25) is 19.3 Å². The highest BCUT2D eigenvalue weighted by Crippen LogP contribution is 2.47. The third-order valence-electron chi connectivity index (χ3n) is 10.2. The van der Waals surface area contributed by atoms with Crippen molar-refractivity contribution in [2.45, 2.75) is 103 Å². The van der Waals surface area contributed by atoms with E-state index in [0.29, 0.717) is 16.6 Å². The summed E-state index contributed by atoms with van der Waals surface area (Å²) < 4.78 is 49.7. The van der Waals surface area contributed by atoms with Gasteiger partial charge in [0.15, 0.2) is 18.3 Å². The standard InChI is InChI=1S/C45H54ClN3O16/c1-24(46)32-22-49(44(56)65-45(5,6)7)33-21-34(30-13-11-12-14-31(30)35(32)33)63-43(55)48(9)20-19-47(8)42(54)58-23-28-15-17-29(18-16-28)62-41-39(61-27(4)52)37(60-26(3)51)36(59-25(2)50)38(64-41)40(53)57-10/h11-18,21,24,32,36-39,41H,19-20,22-23H2,1-10H3/t24-,32+,36+,37+,38+,39-,41-/m1/s1. The maximum atomic E-state index is 13.5. The first kappa shape index (κ1) is 49.7. The number of methoxy groups -OCH3 is 1. The lowest BCUT2D eigenvalue weighted by Gasteiger charge is -2.43. The third kappa shape index (κ3) is 12.5. The van der Waals surface area contributed by atoms with Gasteiger partial charge in [0.1, 0.15) is 23.7 Å². The van der Waals surface area contributed by atoms with E-state index in [4.69, 9.17) is 54.2 Å². The molecule has 5 rings (SSSR count). The molecule has 352 valence electrons. The van der Waals surface area contributed by atoms with Gasteiger partial charge in [0, 0.05) is 77.2 Å². The normalized spacial score (nSPS) is 20.6. The topological polar surface area (TPSA) is 212 Å². The molecule has 7 atom stereocenters. The first-order valence-electron chi connectivity index (χ1n) is 20.6. The van der Waals surface area contributed by atoms with E-state index in [2.05, 4.69) is 0 Å². The van der Waals surface area contributed by atoms with Crippen molar-refractivity contribution in [3.8, 4) is 11.5 Å².